The number of hydrogen-bond donors (Lipinski definition) is 1. The zero-order valence-corrected chi connectivity index (χ0v) is 9.22. The number of rotatable bonds is 1. The van der Waals surface area contributed by atoms with Gasteiger partial charge in [-0.25, -0.2) is 5.26 Å². The van der Waals surface area contributed by atoms with Crippen molar-refractivity contribution in [3.8, 4) is 16.9 Å². The maximum atomic E-state index is 8.87. The molecule has 80 valence electrons. The molecule has 1 N–H and O–H groups in total. The lowest BCUT2D eigenvalue weighted by Crippen LogP contribution is -2.14. The molecule has 0 aromatic heterocycles. The molecule has 0 radical (unpaired) electrons. The fourth-order valence-electron chi connectivity index (χ4n) is 1.83. The fraction of sp³-hybridized carbons (Fsp3) is 0. The van der Waals surface area contributed by atoms with Crippen LogP contribution in [0.25, 0.3) is 11.1 Å². The molecule has 0 saturated heterocycles. The second-order valence-corrected chi connectivity index (χ2v) is 4.79. The second-order valence-electron chi connectivity index (χ2n) is 3.44. The zero-order chi connectivity index (χ0) is 11.0. The maximum Gasteiger partial charge on any atom is 0.298 e. The Kier molecular flexibility index (Phi) is 2.37. The lowest BCUT2D eigenvalue weighted by molar-refractivity contribution is -0.132. The van der Waals surface area contributed by atoms with Crippen LogP contribution >= 0.6 is 8.38 Å². The lowest BCUT2D eigenvalue weighted by Gasteiger charge is -2.24. The van der Waals surface area contributed by atoms with E-state index >= 15 is 0 Å². The highest BCUT2D eigenvalue weighted by Crippen LogP contribution is 2.48. The first kappa shape index (κ1) is 9.79. The van der Waals surface area contributed by atoms with Crippen LogP contribution in [0.1, 0.15) is 0 Å². The van der Waals surface area contributed by atoms with Gasteiger partial charge in [0.05, 0.1) is 5.30 Å². The Morgan fingerprint density at radius 3 is 2.44 bits per heavy atom. The van der Waals surface area contributed by atoms with Crippen molar-refractivity contribution in [3.05, 3.63) is 48.5 Å². The average molecular weight is 232 g/mol. The van der Waals surface area contributed by atoms with Gasteiger partial charge in [-0.05, 0) is 17.7 Å². The van der Waals surface area contributed by atoms with Gasteiger partial charge < -0.3 is 4.52 Å². The van der Waals surface area contributed by atoms with E-state index in [2.05, 4.69) is 4.67 Å². The molecule has 2 aromatic rings. The van der Waals surface area contributed by atoms with E-state index in [1.165, 1.54) is 0 Å². The predicted molar refractivity (Wildman–Crippen MR) is 62.8 cm³/mol. The largest absolute Gasteiger partial charge is 0.442 e. The molecule has 0 spiro atoms. The van der Waals surface area contributed by atoms with Gasteiger partial charge in [-0.15, -0.1) is 0 Å². The van der Waals surface area contributed by atoms with Crippen LogP contribution in [0.15, 0.2) is 48.5 Å². The zero-order valence-electron chi connectivity index (χ0n) is 8.33. The summed E-state index contributed by atoms with van der Waals surface area (Å²) in [6.07, 6.45) is 0. The van der Waals surface area contributed by atoms with Gasteiger partial charge in [0, 0.05) is 5.56 Å². The van der Waals surface area contributed by atoms with Gasteiger partial charge in [-0.1, -0.05) is 36.4 Å². The SMILES string of the molecule is OOP1Oc2ccccc2-c2ccccc21. The Balaban J connectivity index is 2.24. The number of benzene rings is 2. The maximum absolute atomic E-state index is 8.87. The van der Waals surface area contributed by atoms with Crippen molar-refractivity contribution >= 4 is 13.7 Å². The molecule has 1 heterocycles. The van der Waals surface area contributed by atoms with Crippen LogP contribution in [0.5, 0.6) is 5.75 Å². The molecule has 16 heavy (non-hydrogen) atoms. The summed E-state index contributed by atoms with van der Waals surface area (Å²) in [5.74, 6) is 0.751. The first-order valence-corrected chi connectivity index (χ1v) is 6.06. The van der Waals surface area contributed by atoms with Crippen molar-refractivity contribution in [1.29, 1.82) is 0 Å². The van der Waals surface area contributed by atoms with Gasteiger partial charge in [0.15, 0.2) is 0 Å². The minimum absolute atomic E-state index is 0.751. The van der Waals surface area contributed by atoms with E-state index in [1.54, 1.807) is 0 Å². The highest BCUT2D eigenvalue weighted by atomic mass is 31.2. The van der Waals surface area contributed by atoms with Crippen LogP contribution in [0.2, 0.25) is 0 Å². The molecule has 1 unspecified atom stereocenters. The Labute approximate surface area is 94.1 Å². The minimum atomic E-state index is -1.42. The second kappa shape index (κ2) is 3.87. The van der Waals surface area contributed by atoms with Crippen LogP contribution in [-0.4, -0.2) is 5.26 Å². The summed E-state index contributed by atoms with van der Waals surface area (Å²) in [5, 5.41) is 9.77. The van der Waals surface area contributed by atoms with E-state index in [9.17, 15) is 0 Å². The summed E-state index contributed by atoms with van der Waals surface area (Å²) < 4.78 is 10.0. The van der Waals surface area contributed by atoms with Gasteiger partial charge >= 0.3 is 0 Å². The molecule has 3 nitrogen and oxygen atoms in total. The Morgan fingerprint density at radius 1 is 0.938 bits per heavy atom. The summed E-state index contributed by atoms with van der Waals surface area (Å²) in [5.41, 5.74) is 2.10. The van der Waals surface area contributed by atoms with E-state index in [-0.39, 0.29) is 0 Å². The third kappa shape index (κ3) is 1.41. The molecule has 4 heteroatoms. The summed E-state index contributed by atoms with van der Waals surface area (Å²) >= 11 is 0. The van der Waals surface area contributed by atoms with Crippen LogP contribution in [-0.2, 0) is 4.67 Å². The normalized spacial score (nSPS) is 17.2. The van der Waals surface area contributed by atoms with Gasteiger partial charge in [0.1, 0.15) is 5.75 Å². The summed E-state index contributed by atoms with van der Waals surface area (Å²) in [7, 11) is -1.42. The molecule has 3 rings (SSSR count). The molecular weight excluding hydrogens is 223 g/mol. The summed E-state index contributed by atoms with van der Waals surface area (Å²) in [4.78, 5) is 0. The van der Waals surface area contributed by atoms with Crippen molar-refractivity contribution < 1.29 is 14.5 Å². The van der Waals surface area contributed by atoms with Crippen molar-refractivity contribution in [2.75, 3.05) is 0 Å². The molecule has 0 aliphatic carbocycles. The molecule has 1 aliphatic heterocycles. The van der Waals surface area contributed by atoms with E-state index in [0.717, 1.165) is 22.2 Å². The van der Waals surface area contributed by atoms with E-state index in [1.807, 2.05) is 48.5 Å². The van der Waals surface area contributed by atoms with Crippen LogP contribution in [0.4, 0.5) is 0 Å². The van der Waals surface area contributed by atoms with Gasteiger partial charge in [-0.3, -0.25) is 0 Å². The Bertz CT molecular complexity index is 527. The molecule has 1 aliphatic rings. The highest BCUT2D eigenvalue weighted by Gasteiger charge is 2.27. The summed E-state index contributed by atoms with van der Waals surface area (Å²) in [6, 6.07) is 15.5. The van der Waals surface area contributed by atoms with Crippen molar-refractivity contribution in [2.24, 2.45) is 0 Å². The highest BCUT2D eigenvalue weighted by molar-refractivity contribution is 7.56. The third-order valence-corrected chi connectivity index (χ3v) is 3.83. The van der Waals surface area contributed by atoms with Crippen molar-refractivity contribution in [1.82, 2.24) is 0 Å². The molecule has 2 aromatic carbocycles. The Morgan fingerprint density at radius 2 is 1.62 bits per heavy atom. The van der Waals surface area contributed by atoms with E-state index in [0.29, 0.717) is 0 Å². The van der Waals surface area contributed by atoms with Gasteiger partial charge in [0.2, 0.25) is 0 Å². The molecule has 1 atom stereocenters. The Hall–Kier alpha value is -1.41. The fourth-order valence-corrected chi connectivity index (χ4v) is 2.99. The van der Waals surface area contributed by atoms with Gasteiger partial charge in [0.25, 0.3) is 8.38 Å². The monoisotopic (exact) mass is 232 g/mol. The van der Waals surface area contributed by atoms with E-state index < -0.39 is 8.38 Å². The lowest BCUT2D eigenvalue weighted by atomic mass is 10.0. The van der Waals surface area contributed by atoms with Crippen LogP contribution < -0.4 is 9.83 Å². The molecule has 0 bridgehead atoms. The molecular formula is C12H9O3P. The van der Waals surface area contributed by atoms with Crippen molar-refractivity contribution in [2.45, 2.75) is 0 Å². The molecule has 0 saturated carbocycles. The molecule has 0 amide bonds. The first-order chi connectivity index (χ1) is 7.90. The number of para-hydroxylation sites is 1. The van der Waals surface area contributed by atoms with Gasteiger partial charge in [-0.2, -0.15) is 4.67 Å². The third-order valence-electron chi connectivity index (χ3n) is 2.53. The van der Waals surface area contributed by atoms with Crippen LogP contribution in [0, 0.1) is 0 Å². The van der Waals surface area contributed by atoms with E-state index in [4.69, 9.17) is 9.78 Å². The minimum Gasteiger partial charge on any atom is -0.442 e. The number of hydrogen-bond acceptors (Lipinski definition) is 3. The van der Waals surface area contributed by atoms with Crippen molar-refractivity contribution in [3.63, 3.8) is 0 Å². The average Bonchev–Trinajstić information content (AvgIpc) is 2.38. The quantitative estimate of drug-likeness (QED) is 0.466. The smallest absolute Gasteiger partial charge is 0.298 e. The van der Waals surface area contributed by atoms with Crippen LogP contribution in [0.3, 0.4) is 0 Å². The topological polar surface area (TPSA) is 38.7 Å². The summed E-state index contributed by atoms with van der Waals surface area (Å²) in [6.45, 7) is 0. The standard InChI is InChI=1S/C12H9O3P/c13-15-16-12-8-4-2-6-10(12)9-5-1-3-7-11(9)14-16/h1-8,13H. The molecule has 0 fully saturated rings. The first-order valence-electron chi connectivity index (χ1n) is 4.88. The number of fused-ring (bicyclic) bond motifs is 3. The predicted octanol–water partition coefficient (Wildman–Crippen LogP) is 3.17.